The number of rotatable bonds is 6. The quantitative estimate of drug-likeness (QED) is 0.697. The number of H-pyrrole nitrogens is 1. The summed E-state index contributed by atoms with van der Waals surface area (Å²) in [5.74, 6) is 0.743. The van der Waals surface area contributed by atoms with Gasteiger partial charge in [-0.25, -0.2) is 0 Å². The first-order valence-electron chi connectivity index (χ1n) is 7.47. The lowest BCUT2D eigenvalue weighted by atomic mass is 10.1. The molecule has 124 valence electrons. The van der Waals surface area contributed by atoms with Gasteiger partial charge in [0.15, 0.2) is 0 Å². The molecule has 0 saturated carbocycles. The maximum atomic E-state index is 11.2. The van der Waals surface area contributed by atoms with Gasteiger partial charge < -0.3 is 9.84 Å². The van der Waals surface area contributed by atoms with Crippen LogP contribution in [0, 0.1) is 0 Å². The van der Waals surface area contributed by atoms with Crippen LogP contribution in [0.2, 0.25) is 5.02 Å². The van der Waals surface area contributed by atoms with Gasteiger partial charge in [-0.15, -0.1) is 0 Å². The highest BCUT2D eigenvalue weighted by molar-refractivity contribution is 7.09. The van der Waals surface area contributed by atoms with Gasteiger partial charge in [0.2, 0.25) is 5.88 Å². The van der Waals surface area contributed by atoms with Crippen LogP contribution in [0.4, 0.5) is 0 Å². The molecular formula is C18H16ClNO3S. The van der Waals surface area contributed by atoms with Crippen molar-refractivity contribution >= 4 is 22.9 Å². The van der Waals surface area contributed by atoms with Crippen LogP contribution >= 0.6 is 22.9 Å². The number of aromatic amines is 1. The van der Waals surface area contributed by atoms with Crippen LogP contribution in [0.15, 0.2) is 53.3 Å². The molecular weight excluding hydrogens is 346 g/mol. The lowest BCUT2D eigenvalue weighted by Crippen LogP contribution is -2.01. The fourth-order valence-electron chi connectivity index (χ4n) is 2.30. The van der Waals surface area contributed by atoms with E-state index in [1.54, 1.807) is 0 Å². The predicted octanol–water partition coefficient (Wildman–Crippen LogP) is 4.01. The summed E-state index contributed by atoms with van der Waals surface area (Å²) >= 11 is 6.88. The molecule has 0 amide bonds. The number of ether oxygens (including phenoxy) is 1. The number of halogens is 1. The SMILES string of the molecule is O=c1[nH]c(O)c(Cc2ccc(OCCc3ccc(Cl)cc3)cc2)s1. The van der Waals surface area contributed by atoms with Gasteiger partial charge in [0.25, 0.3) is 0 Å². The van der Waals surface area contributed by atoms with Crippen molar-refractivity contribution in [1.82, 2.24) is 4.98 Å². The van der Waals surface area contributed by atoms with Crippen LogP contribution in [-0.4, -0.2) is 16.7 Å². The Hall–Kier alpha value is -2.24. The lowest BCUT2D eigenvalue weighted by molar-refractivity contribution is 0.322. The minimum atomic E-state index is -0.246. The zero-order valence-corrected chi connectivity index (χ0v) is 14.4. The fraction of sp³-hybridized carbons (Fsp3) is 0.167. The molecule has 0 aliphatic rings. The number of aromatic nitrogens is 1. The van der Waals surface area contributed by atoms with Crippen molar-refractivity contribution in [2.24, 2.45) is 0 Å². The summed E-state index contributed by atoms with van der Waals surface area (Å²) in [6.07, 6.45) is 1.32. The van der Waals surface area contributed by atoms with Crippen molar-refractivity contribution in [2.75, 3.05) is 6.61 Å². The third-order valence-electron chi connectivity index (χ3n) is 3.56. The molecule has 0 radical (unpaired) electrons. The van der Waals surface area contributed by atoms with E-state index < -0.39 is 0 Å². The Morgan fingerprint density at radius 2 is 1.71 bits per heavy atom. The summed E-state index contributed by atoms with van der Waals surface area (Å²) in [5, 5.41) is 10.3. The second-order valence-electron chi connectivity index (χ2n) is 5.33. The summed E-state index contributed by atoms with van der Waals surface area (Å²) in [6.45, 7) is 0.585. The molecule has 4 nitrogen and oxygen atoms in total. The zero-order chi connectivity index (χ0) is 16.9. The molecule has 0 unspecified atom stereocenters. The van der Waals surface area contributed by atoms with E-state index >= 15 is 0 Å². The van der Waals surface area contributed by atoms with Crippen LogP contribution < -0.4 is 9.61 Å². The largest absolute Gasteiger partial charge is 0.494 e. The molecule has 2 N–H and O–H groups in total. The highest BCUT2D eigenvalue weighted by Crippen LogP contribution is 2.22. The summed E-state index contributed by atoms with van der Waals surface area (Å²) in [7, 11) is 0. The van der Waals surface area contributed by atoms with Crippen LogP contribution in [0.1, 0.15) is 16.0 Å². The third kappa shape index (κ3) is 4.40. The van der Waals surface area contributed by atoms with E-state index in [9.17, 15) is 9.90 Å². The van der Waals surface area contributed by atoms with E-state index in [2.05, 4.69) is 4.98 Å². The van der Waals surface area contributed by atoms with Crippen molar-refractivity contribution < 1.29 is 9.84 Å². The maximum absolute atomic E-state index is 11.2. The molecule has 24 heavy (non-hydrogen) atoms. The Morgan fingerprint density at radius 3 is 2.33 bits per heavy atom. The van der Waals surface area contributed by atoms with E-state index in [4.69, 9.17) is 16.3 Å². The molecule has 0 spiro atoms. The van der Waals surface area contributed by atoms with Gasteiger partial charge in [-0.3, -0.25) is 9.78 Å². The number of thiazole rings is 1. The van der Waals surface area contributed by atoms with Crippen LogP contribution in [0.5, 0.6) is 11.6 Å². The second kappa shape index (κ2) is 7.55. The van der Waals surface area contributed by atoms with Gasteiger partial charge >= 0.3 is 4.87 Å². The van der Waals surface area contributed by atoms with Crippen molar-refractivity contribution in [2.45, 2.75) is 12.8 Å². The van der Waals surface area contributed by atoms with Gasteiger partial charge in [0, 0.05) is 17.9 Å². The third-order valence-corrected chi connectivity index (χ3v) is 4.68. The van der Waals surface area contributed by atoms with Gasteiger partial charge in [0.1, 0.15) is 5.75 Å². The number of nitrogens with one attached hydrogen (secondary N) is 1. The number of hydrogen-bond donors (Lipinski definition) is 2. The van der Waals surface area contributed by atoms with Crippen molar-refractivity contribution in [3.05, 3.63) is 79.2 Å². The molecule has 3 rings (SSSR count). The van der Waals surface area contributed by atoms with Crippen molar-refractivity contribution in [1.29, 1.82) is 0 Å². The number of hydrogen-bond acceptors (Lipinski definition) is 4. The van der Waals surface area contributed by atoms with Gasteiger partial charge in [-0.2, -0.15) is 0 Å². The Balaban J connectivity index is 1.53. The van der Waals surface area contributed by atoms with Crippen molar-refractivity contribution in [3.8, 4) is 11.6 Å². The van der Waals surface area contributed by atoms with Crippen LogP contribution in [-0.2, 0) is 12.8 Å². The molecule has 0 saturated heterocycles. The molecule has 0 aliphatic carbocycles. The molecule has 0 atom stereocenters. The highest BCUT2D eigenvalue weighted by atomic mass is 35.5. The zero-order valence-electron chi connectivity index (χ0n) is 12.8. The van der Waals surface area contributed by atoms with Gasteiger partial charge in [-0.05, 0) is 35.4 Å². The first kappa shape index (κ1) is 16.6. The Morgan fingerprint density at radius 1 is 1.04 bits per heavy atom. The fourth-order valence-corrected chi connectivity index (χ4v) is 3.18. The Labute approximate surface area is 148 Å². The van der Waals surface area contributed by atoms with E-state index in [0.29, 0.717) is 17.9 Å². The second-order valence-corrected chi connectivity index (χ2v) is 6.84. The van der Waals surface area contributed by atoms with E-state index in [1.807, 2.05) is 48.5 Å². The van der Waals surface area contributed by atoms with Gasteiger partial charge in [-0.1, -0.05) is 47.2 Å². The monoisotopic (exact) mass is 361 g/mol. The molecule has 2 aromatic carbocycles. The molecule has 0 bridgehead atoms. The topological polar surface area (TPSA) is 62.3 Å². The Bertz CT molecular complexity index is 853. The van der Waals surface area contributed by atoms with Crippen LogP contribution in [0.25, 0.3) is 0 Å². The Kier molecular flexibility index (Phi) is 5.23. The normalized spacial score (nSPS) is 10.7. The minimum absolute atomic E-state index is 0.0479. The number of aromatic hydroxyl groups is 1. The average molecular weight is 362 g/mol. The predicted molar refractivity (Wildman–Crippen MR) is 96.5 cm³/mol. The molecule has 6 heteroatoms. The molecule has 1 aromatic heterocycles. The summed E-state index contributed by atoms with van der Waals surface area (Å²) in [6, 6.07) is 15.4. The maximum Gasteiger partial charge on any atom is 0.307 e. The first-order valence-corrected chi connectivity index (χ1v) is 8.67. The molecule has 3 aromatic rings. The van der Waals surface area contributed by atoms with E-state index in [-0.39, 0.29) is 10.8 Å². The van der Waals surface area contributed by atoms with Crippen LogP contribution in [0.3, 0.4) is 0 Å². The lowest BCUT2D eigenvalue weighted by Gasteiger charge is -2.07. The van der Waals surface area contributed by atoms with E-state index in [0.717, 1.165) is 34.1 Å². The summed E-state index contributed by atoms with van der Waals surface area (Å²) < 4.78 is 5.74. The molecule has 0 aliphatic heterocycles. The minimum Gasteiger partial charge on any atom is -0.494 e. The smallest absolute Gasteiger partial charge is 0.307 e. The van der Waals surface area contributed by atoms with E-state index in [1.165, 1.54) is 5.56 Å². The number of benzene rings is 2. The first-order chi connectivity index (χ1) is 11.6. The standard InChI is InChI=1S/C18H16ClNO3S/c19-14-5-1-12(2-6-14)9-10-23-15-7-3-13(4-8-15)11-16-17(21)20-18(22)24-16/h1-8,21H,9-11H2,(H,20,22). The summed E-state index contributed by atoms with van der Waals surface area (Å²) in [5.41, 5.74) is 2.18. The average Bonchev–Trinajstić information content (AvgIpc) is 2.88. The molecule has 0 fully saturated rings. The van der Waals surface area contributed by atoms with Gasteiger partial charge in [0.05, 0.1) is 11.5 Å². The van der Waals surface area contributed by atoms with Crippen molar-refractivity contribution in [3.63, 3.8) is 0 Å². The molecule has 1 heterocycles. The highest BCUT2D eigenvalue weighted by Gasteiger charge is 2.07. The summed E-state index contributed by atoms with van der Waals surface area (Å²) in [4.78, 5) is 13.9.